The SMILES string of the molecule is CCNCCCNC(=O)C(C)S(C)(=O)=O. The number of carbonyl (C=O) groups is 1. The van der Waals surface area contributed by atoms with Crippen molar-refractivity contribution in [3.8, 4) is 0 Å². The molecule has 0 aromatic rings. The van der Waals surface area contributed by atoms with Gasteiger partial charge in [0.1, 0.15) is 5.25 Å². The molecule has 0 fully saturated rings. The van der Waals surface area contributed by atoms with Crippen molar-refractivity contribution in [1.29, 1.82) is 0 Å². The van der Waals surface area contributed by atoms with E-state index in [2.05, 4.69) is 10.6 Å². The summed E-state index contributed by atoms with van der Waals surface area (Å²) in [6, 6.07) is 0. The quantitative estimate of drug-likeness (QED) is 0.586. The number of rotatable bonds is 7. The fourth-order valence-corrected chi connectivity index (χ4v) is 1.41. The van der Waals surface area contributed by atoms with Crippen molar-refractivity contribution in [2.24, 2.45) is 0 Å². The van der Waals surface area contributed by atoms with Crippen LogP contribution in [0.15, 0.2) is 0 Å². The van der Waals surface area contributed by atoms with Gasteiger partial charge in [0.15, 0.2) is 9.84 Å². The molecule has 0 rings (SSSR count). The largest absolute Gasteiger partial charge is 0.355 e. The number of hydrogen-bond acceptors (Lipinski definition) is 4. The van der Waals surface area contributed by atoms with Crippen LogP contribution in [-0.2, 0) is 14.6 Å². The van der Waals surface area contributed by atoms with Crippen molar-refractivity contribution >= 4 is 15.7 Å². The first-order valence-corrected chi connectivity index (χ1v) is 7.02. The highest BCUT2D eigenvalue weighted by atomic mass is 32.2. The summed E-state index contributed by atoms with van der Waals surface area (Å²) in [7, 11) is -3.28. The van der Waals surface area contributed by atoms with E-state index >= 15 is 0 Å². The molecule has 0 aromatic heterocycles. The molecule has 90 valence electrons. The van der Waals surface area contributed by atoms with E-state index in [1.165, 1.54) is 6.92 Å². The zero-order valence-electron chi connectivity index (χ0n) is 9.54. The number of hydrogen-bond donors (Lipinski definition) is 2. The Morgan fingerprint density at radius 3 is 2.40 bits per heavy atom. The van der Waals surface area contributed by atoms with Crippen LogP contribution in [-0.4, -0.2) is 45.5 Å². The highest BCUT2D eigenvalue weighted by Gasteiger charge is 2.22. The first kappa shape index (κ1) is 14.4. The van der Waals surface area contributed by atoms with Crippen LogP contribution in [0.2, 0.25) is 0 Å². The van der Waals surface area contributed by atoms with E-state index in [1.54, 1.807) is 0 Å². The molecule has 0 bridgehead atoms. The second-order valence-electron chi connectivity index (χ2n) is 3.47. The molecule has 0 saturated heterocycles. The van der Waals surface area contributed by atoms with Crippen LogP contribution < -0.4 is 10.6 Å². The summed E-state index contributed by atoms with van der Waals surface area (Å²) in [5.74, 6) is -0.422. The van der Waals surface area contributed by atoms with Gasteiger partial charge in [0.2, 0.25) is 5.91 Å². The summed E-state index contributed by atoms with van der Waals surface area (Å²) in [5, 5.41) is 4.74. The van der Waals surface area contributed by atoms with Crippen molar-refractivity contribution < 1.29 is 13.2 Å². The molecular formula is C9H20N2O3S. The molecular weight excluding hydrogens is 216 g/mol. The zero-order chi connectivity index (χ0) is 11.9. The molecule has 2 N–H and O–H groups in total. The van der Waals surface area contributed by atoms with E-state index in [1.807, 2.05) is 6.92 Å². The van der Waals surface area contributed by atoms with Crippen molar-refractivity contribution in [3.63, 3.8) is 0 Å². The summed E-state index contributed by atoms with van der Waals surface area (Å²) in [6.07, 6.45) is 1.87. The fourth-order valence-electron chi connectivity index (χ4n) is 0.940. The molecule has 5 nitrogen and oxygen atoms in total. The zero-order valence-corrected chi connectivity index (χ0v) is 10.4. The molecule has 1 amide bonds. The first-order valence-electron chi connectivity index (χ1n) is 5.07. The van der Waals surface area contributed by atoms with E-state index in [9.17, 15) is 13.2 Å². The maximum Gasteiger partial charge on any atom is 0.238 e. The minimum atomic E-state index is -3.28. The van der Waals surface area contributed by atoms with E-state index in [4.69, 9.17) is 0 Å². The highest BCUT2D eigenvalue weighted by molar-refractivity contribution is 7.92. The Morgan fingerprint density at radius 2 is 1.93 bits per heavy atom. The van der Waals surface area contributed by atoms with Crippen molar-refractivity contribution in [1.82, 2.24) is 10.6 Å². The lowest BCUT2D eigenvalue weighted by molar-refractivity contribution is -0.120. The fraction of sp³-hybridized carbons (Fsp3) is 0.889. The van der Waals surface area contributed by atoms with Gasteiger partial charge in [0.25, 0.3) is 0 Å². The maximum absolute atomic E-state index is 11.3. The van der Waals surface area contributed by atoms with Crippen LogP contribution in [0.3, 0.4) is 0 Å². The van der Waals surface area contributed by atoms with Gasteiger partial charge in [-0.05, 0) is 26.4 Å². The van der Waals surface area contributed by atoms with Gasteiger partial charge >= 0.3 is 0 Å². The number of sulfone groups is 1. The van der Waals surface area contributed by atoms with Gasteiger partial charge < -0.3 is 10.6 Å². The average molecular weight is 236 g/mol. The molecule has 6 heteroatoms. The highest BCUT2D eigenvalue weighted by Crippen LogP contribution is 1.97. The Hall–Kier alpha value is -0.620. The van der Waals surface area contributed by atoms with Gasteiger partial charge in [0, 0.05) is 12.8 Å². The number of amides is 1. The summed E-state index contributed by atoms with van der Waals surface area (Å²) < 4.78 is 22.1. The van der Waals surface area contributed by atoms with E-state index < -0.39 is 21.0 Å². The summed E-state index contributed by atoms with van der Waals surface area (Å²) in [4.78, 5) is 11.3. The second-order valence-corrected chi connectivity index (χ2v) is 5.84. The molecule has 0 aliphatic rings. The first-order chi connectivity index (χ1) is 6.89. The van der Waals surface area contributed by atoms with Gasteiger partial charge in [-0.3, -0.25) is 4.79 Å². The third-order valence-electron chi connectivity index (χ3n) is 2.09. The predicted octanol–water partition coefficient (Wildman–Crippen LogP) is -0.465. The van der Waals surface area contributed by atoms with Crippen molar-refractivity contribution in [3.05, 3.63) is 0 Å². The van der Waals surface area contributed by atoms with E-state index in [0.717, 1.165) is 25.8 Å². The molecule has 0 radical (unpaired) electrons. The van der Waals surface area contributed by atoms with Gasteiger partial charge in [-0.1, -0.05) is 6.92 Å². The molecule has 0 aliphatic heterocycles. The smallest absolute Gasteiger partial charge is 0.238 e. The van der Waals surface area contributed by atoms with Crippen LogP contribution in [0.25, 0.3) is 0 Å². The van der Waals surface area contributed by atoms with E-state index in [0.29, 0.717) is 6.54 Å². The lowest BCUT2D eigenvalue weighted by Gasteiger charge is -2.10. The number of nitrogens with one attached hydrogen (secondary N) is 2. The monoisotopic (exact) mass is 236 g/mol. The molecule has 1 atom stereocenters. The third kappa shape index (κ3) is 6.46. The molecule has 0 saturated carbocycles. The predicted molar refractivity (Wildman–Crippen MR) is 60.5 cm³/mol. The van der Waals surface area contributed by atoms with Crippen molar-refractivity contribution in [2.75, 3.05) is 25.9 Å². The molecule has 0 spiro atoms. The summed E-state index contributed by atoms with van der Waals surface area (Å²) in [5.41, 5.74) is 0. The number of carbonyl (C=O) groups excluding carboxylic acids is 1. The normalized spacial score (nSPS) is 13.5. The molecule has 1 unspecified atom stereocenters. The molecule has 0 aromatic carbocycles. The van der Waals surface area contributed by atoms with Crippen LogP contribution in [0.5, 0.6) is 0 Å². The Morgan fingerprint density at radius 1 is 1.33 bits per heavy atom. The molecule has 15 heavy (non-hydrogen) atoms. The van der Waals surface area contributed by atoms with Gasteiger partial charge in [-0.15, -0.1) is 0 Å². The summed E-state index contributed by atoms with van der Waals surface area (Å²) in [6.45, 7) is 5.63. The minimum Gasteiger partial charge on any atom is -0.355 e. The Labute approximate surface area is 91.5 Å². The standard InChI is InChI=1S/C9H20N2O3S/c1-4-10-6-5-7-11-9(12)8(2)15(3,13)14/h8,10H,4-7H2,1-3H3,(H,11,12). The Bertz CT molecular complexity index is 288. The lowest BCUT2D eigenvalue weighted by atomic mass is 10.4. The van der Waals surface area contributed by atoms with E-state index in [-0.39, 0.29) is 0 Å². The Kier molecular flexibility index (Phi) is 6.51. The van der Waals surface area contributed by atoms with Crippen LogP contribution in [0.4, 0.5) is 0 Å². The van der Waals surface area contributed by atoms with Crippen molar-refractivity contribution in [2.45, 2.75) is 25.5 Å². The topological polar surface area (TPSA) is 75.3 Å². The van der Waals surface area contributed by atoms with Crippen LogP contribution in [0.1, 0.15) is 20.3 Å². The Balaban J connectivity index is 3.76. The van der Waals surface area contributed by atoms with Gasteiger partial charge in [0.05, 0.1) is 0 Å². The average Bonchev–Trinajstić information content (AvgIpc) is 2.14. The molecule has 0 heterocycles. The van der Waals surface area contributed by atoms with Gasteiger partial charge in [-0.25, -0.2) is 8.42 Å². The third-order valence-corrected chi connectivity index (χ3v) is 3.59. The maximum atomic E-state index is 11.3. The van der Waals surface area contributed by atoms with Crippen LogP contribution >= 0.6 is 0 Å². The van der Waals surface area contributed by atoms with Gasteiger partial charge in [-0.2, -0.15) is 0 Å². The molecule has 0 aliphatic carbocycles. The minimum absolute atomic E-state index is 0.422. The second kappa shape index (κ2) is 6.79. The lowest BCUT2D eigenvalue weighted by Crippen LogP contribution is -2.38. The summed E-state index contributed by atoms with van der Waals surface area (Å²) >= 11 is 0. The van der Waals surface area contributed by atoms with Crippen LogP contribution in [0, 0.1) is 0 Å².